The van der Waals surface area contributed by atoms with Gasteiger partial charge < -0.3 is 9.45 Å². The van der Waals surface area contributed by atoms with E-state index in [9.17, 15) is 13.6 Å². The van der Waals surface area contributed by atoms with Crippen LogP contribution in [-0.2, 0) is 11.3 Å². The van der Waals surface area contributed by atoms with Crippen molar-refractivity contribution in [2.24, 2.45) is 5.92 Å². The number of hydrogen-bond donors (Lipinski definition) is 1. The number of piperidine rings is 1. The van der Waals surface area contributed by atoms with Crippen LogP contribution in [0.5, 0.6) is 0 Å². The summed E-state index contributed by atoms with van der Waals surface area (Å²) in [5.74, 6) is 1.31. The van der Waals surface area contributed by atoms with Crippen LogP contribution in [0.1, 0.15) is 57.4 Å². The first-order valence-corrected chi connectivity index (χ1v) is 11.8. The van der Waals surface area contributed by atoms with Gasteiger partial charge in [0.15, 0.2) is 5.82 Å². The second-order valence-corrected chi connectivity index (χ2v) is 9.04. The van der Waals surface area contributed by atoms with Crippen LogP contribution in [0.15, 0.2) is 29.1 Å². The fraction of sp³-hybridized carbons (Fsp3) is 0.619. The number of rotatable bonds is 6. The molecular weight excluding hydrogens is 388 g/mol. The molecule has 8 heteroatoms. The lowest BCUT2D eigenvalue weighted by Gasteiger charge is -2.35. The molecule has 1 aromatic heterocycles. The Labute approximate surface area is 173 Å². The van der Waals surface area contributed by atoms with E-state index >= 15 is 0 Å². The maximum atomic E-state index is 13.1. The van der Waals surface area contributed by atoms with Crippen LogP contribution in [0.2, 0.25) is 0 Å². The van der Waals surface area contributed by atoms with Crippen LogP contribution in [0.4, 0.5) is 5.82 Å². The summed E-state index contributed by atoms with van der Waals surface area (Å²) in [7, 11) is 0. The zero-order valence-corrected chi connectivity index (χ0v) is 17.5. The minimum Gasteiger partial charge on any atom is -0.760 e. The van der Waals surface area contributed by atoms with Gasteiger partial charge in [0.2, 0.25) is 0 Å². The Morgan fingerprint density at radius 2 is 1.86 bits per heavy atom. The molecule has 158 valence electrons. The van der Waals surface area contributed by atoms with Gasteiger partial charge in [-0.2, -0.15) is 5.10 Å². The van der Waals surface area contributed by atoms with Crippen molar-refractivity contribution in [3.8, 4) is 0 Å². The molecule has 2 atom stereocenters. The summed E-state index contributed by atoms with van der Waals surface area (Å²) >= 11 is -2.21. The molecule has 1 aromatic carbocycles. The van der Waals surface area contributed by atoms with E-state index < -0.39 is 11.3 Å². The fourth-order valence-electron chi connectivity index (χ4n) is 4.84. The van der Waals surface area contributed by atoms with Gasteiger partial charge in [0.25, 0.3) is 5.56 Å². The molecule has 1 saturated carbocycles. The van der Waals surface area contributed by atoms with Gasteiger partial charge in [-0.1, -0.05) is 37.5 Å². The molecule has 0 amide bonds. The Morgan fingerprint density at radius 1 is 1.10 bits per heavy atom. The van der Waals surface area contributed by atoms with Gasteiger partial charge in [0.1, 0.15) is 0 Å². The van der Waals surface area contributed by atoms with Crippen LogP contribution in [0.25, 0.3) is 10.8 Å². The third kappa shape index (κ3) is 4.70. The number of hydrogen-bond acceptors (Lipinski definition) is 5. The summed E-state index contributed by atoms with van der Waals surface area (Å²) in [6.07, 6.45) is 8.53. The molecule has 0 spiro atoms. The third-order valence-electron chi connectivity index (χ3n) is 6.32. The Morgan fingerprint density at radius 3 is 2.62 bits per heavy atom. The highest BCUT2D eigenvalue weighted by atomic mass is 32.2. The van der Waals surface area contributed by atoms with Crippen LogP contribution >= 0.6 is 0 Å². The largest absolute Gasteiger partial charge is 0.760 e. The quantitative estimate of drug-likeness (QED) is 0.730. The average molecular weight is 418 g/mol. The van der Waals surface area contributed by atoms with E-state index in [1.807, 2.05) is 24.3 Å². The number of benzene rings is 1. The highest BCUT2D eigenvalue weighted by Gasteiger charge is 2.25. The van der Waals surface area contributed by atoms with Gasteiger partial charge in [0, 0.05) is 36.3 Å². The van der Waals surface area contributed by atoms with E-state index in [0.29, 0.717) is 12.5 Å². The number of aromatic nitrogens is 2. The van der Waals surface area contributed by atoms with Gasteiger partial charge >= 0.3 is 0 Å². The molecular formula is C21H29N4O3S-. The maximum absolute atomic E-state index is 13.1. The van der Waals surface area contributed by atoms with E-state index in [-0.39, 0.29) is 11.6 Å². The van der Waals surface area contributed by atoms with E-state index in [1.165, 1.54) is 6.42 Å². The Balaban J connectivity index is 1.64. The second kappa shape index (κ2) is 9.36. The van der Waals surface area contributed by atoms with Crippen molar-refractivity contribution in [2.75, 3.05) is 24.5 Å². The van der Waals surface area contributed by atoms with Crippen molar-refractivity contribution in [2.45, 2.75) is 57.4 Å². The van der Waals surface area contributed by atoms with Crippen molar-refractivity contribution in [3.05, 3.63) is 34.6 Å². The standard InChI is InChI=1S/C21H30N4O3S/c26-21-19-11-5-4-10-18(19)20(23-25(21)17-8-2-1-3-9-17)24-14-6-7-16(15-24)12-13-22-29(27)28/h4-5,10-11,16-17,22H,1-3,6-9,12-15H2,(H,27,28)/p-1/t16-/m0/s1. The van der Waals surface area contributed by atoms with E-state index in [0.717, 1.165) is 74.6 Å². The molecule has 2 aliphatic rings. The summed E-state index contributed by atoms with van der Waals surface area (Å²) in [4.78, 5) is 15.4. The van der Waals surface area contributed by atoms with Crippen LogP contribution < -0.4 is 15.2 Å². The molecule has 4 rings (SSSR count). The van der Waals surface area contributed by atoms with Crippen molar-refractivity contribution in [3.63, 3.8) is 0 Å². The predicted octanol–water partition coefficient (Wildman–Crippen LogP) is 2.89. The molecule has 7 nitrogen and oxygen atoms in total. The highest BCUT2D eigenvalue weighted by Crippen LogP contribution is 2.31. The Bertz CT molecular complexity index is 926. The fourth-order valence-corrected chi connectivity index (χ4v) is 5.12. The van der Waals surface area contributed by atoms with Gasteiger partial charge in [-0.3, -0.25) is 9.00 Å². The van der Waals surface area contributed by atoms with Crippen LogP contribution in [-0.4, -0.2) is 38.2 Å². The normalized spacial score (nSPS) is 22.1. The lowest BCUT2D eigenvalue weighted by molar-refractivity contribution is 0.318. The predicted molar refractivity (Wildman–Crippen MR) is 115 cm³/mol. The summed E-state index contributed by atoms with van der Waals surface area (Å²) < 4.78 is 25.7. The molecule has 1 saturated heterocycles. The van der Waals surface area contributed by atoms with Gasteiger partial charge in [-0.25, -0.2) is 9.40 Å². The first-order chi connectivity index (χ1) is 14.1. The summed E-state index contributed by atoms with van der Waals surface area (Å²) in [5, 5.41) is 6.57. The molecule has 2 aromatic rings. The molecule has 0 radical (unpaired) electrons. The van der Waals surface area contributed by atoms with Crippen molar-refractivity contribution in [1.82, 2.24) is 14.5 Å². The number of nitrogens with zero attached hydrogens (tertiary/aromatic N) is 3. The molecule has 0 bridgehead atoms. The Hall–Kier alpha value is -1.77. The molecule has 2 fully saturated rings. The maximum Gasteiger partial charge on any atom is 0.275 e. The average Bonchev–Trinajstić information content (AvgIpc) is 2.75. The van der Waals surface area contributed by atoms with Crippen LogP contribution in [0.3, 0.4) is 0 Å². The highest BCUT2D eigenvalue weighted by molar-refractivity contribution is 7.77. The summed E-state index contributed by atoms with van der Waals surface area (Å²) in [6, 6.07) is 7.99. The van der Waals surface area contributed by atoms with Crippen molar-refractivity contribution < 1.29 is 8.76 Å². The summed E-state index contributed by atoms with van der Waals surface area (Å²) in [5.41, 5.74) is 0.0203. The molecule has 2 heterocycles. The van der Waals surface area contributed by atoms with Gasteiger partial charge in [0.05, 0.1) is 11.4 Å². The monoisotopic (exact) mass is 417 g/mol. The molecule has 1 aliphatic heterocycles. The molecule has 1 unspecified atom stereocenters. The number of nitrogens with one attached hydrogen (secondary N) is 1. The number of fused-ring (bicyclic) bond motifs is 1. The van der Waals surface area contributed by atoms with Gasteiger partial charge in [-0.05, 0) is 44.1 Å². The van der Waals surface area contributed by atoms with E-state index in [4.69, 9.17) is 5.10 Å². The third-order valence-corrected chi connectivity index (χ3v) is 6.76. The molecule has 1 N–H and O–H groups in total. The van der Waals surface area contributed by atoms with Gasteiger partial charge in [-0.15, -0.1) is 0 Å². The zero-order valence-electron chi connectivity index (χ0n) is 16.7. The SMILES string of the molecule is O=c1c2ccccc2c(N2CCC[C@@H](CCNS(=O)[O-])C2)nn1C1CCCCC1. The number of anilines is 1. The molecule has 1 aliphatic carbocycles. The van der Waals surface area contributed by atoms with Crippen LogP contribution in [0, 0.1) is 5.92 Å². The minimum atomic E-state index is -2.21. The smallest absolute Gasteiger partial charge is 0.275 e. The van der Waals surface area contributed by atoms with Crippen molar-refractivity contribution in [1.29, 1.82) is 0 Å². The first-order valence-electron chi connectivity index (χ1n) is 10.7. The van der Waals surface area contributed by atoms with E-state index in [1.54, 1.807) is 4.68 Å². The lowest BCUT2D eigenvalue weighted by atomic mass is 9.94. The second-order valence-electron chi connectivity index (χ2n) is 8.28. The molecule has 29 heavy (non-hydrogen) atoms. The topological polar surface area (TPSA) is 90.3 Å². The lowest BCUT2D eigenvalue weighted by Crippen LogP contribution is -2.39. The van der Waals surface area contributed by atoms with E-state index in [2.05, 4.69) is 9.62 Å². The minimum absolute atomic E-state index is 0.0203. The Kier molecular flexibility index (Phi) is 6.62. The van der Waals surface area contributed by atoms with Crippen molar-refractivity contribution >= 4 is 27.9 Å². The first kappa shape index (κ1) is 20.5. The summed E-state index contributed by atoms with van der Waals surface area (Å²) in [6.45, 7) is 2.22. The zero-order chi connectivity index (χ0) is 20.2.